The Bertz CT molecular complexity index is 522. The maximum absolute atomic E-state index is 12.3. The van der Waals surface area contributed by atoms with Gasteiger partial charge in [0.2, 0.25) is 0 Å². The molecule has 3 nitrogen and oxygen atoms in total. The van der Waals surface area contributed by atoms with Gasteiger partial charge in [0.05, 0.1) is 6.54 Å². The second kappa shape index (κ2) is 4.48. The van der Waals surface area contributed by atoms with Gasteiger partial charge in [0.25, 0.3) is 0 Å². The van der Waals surface area contributed by atoms with Crippen LogP contribution in [0.2, 0.25) is 0 Å². The number of alkyl halides is 3. The summed E-state index contributed by atoms with van der Waals surface area (Å²) in [7, 11) is 0. The van der Waals surface area contributed by atoms with E-state index in [-0.39, 0.29) is 6.54 Å². The molecule has 0 aliphatic rings. The molecule has 2 rings (SSSR count). The smallest absolute Gasteiger partial charge is 0.268 e. The number of nitrogens with zero attached hydrogens (tertiary/aromatic N) is 3. The second-order valence-corrected chi connectivity index (χ2v) is 4.32. The van der Waals surface area contributed by atoms with Gasteiger partial charge in [-0.05, 0) is 33.6 Å². The Kier molecular flexibility index (Phi) is 3.19. The van der Waals surface area contributed by atoms with E-state index in [0.717, 1.165) is 16.1 Å². The first-order valence-electron chi connectivity index (χ1n) is 4.65. The monoisotopic (exact) mass is 305 g/mol. The quantitative estimate of drug-likeness (QED) is 0.853. The average Bonchev–Trinajstić information content (AvgIpc) is 2.65. The SMILES string of the molecule is FC(F)(F)c1ccn(Cc2cncc(Br)c2)n1. The third-order valence-corrected chi connectivity index (χ3v) is 2.47. The lowest BCUT2D eigenvalue weighted by Gasteiger charge is -2.03. The van der Waals surface area contributed by atoms with Crippen LogP contribution in [0.5, 0.6) is 0 Å². The van der Waals surface area contributed by atoms with Crippen LogP contribution in [0.4, 0.5) is 13.2 Å². The minimum atomic E-state index is -4.40. The summed E-state index contributed by atoms with van der Waals surface area (Å²) >= 11 is 3.24. The zero-order valence-corrected chi connectivity index (χ0v) is 10.0. The van der Waals surface area contributed by atoms with Crippen LogP contribution in [0, 0.1) is 0 Å². The highest BCUT2D eigenvalue weighted by atomic mass is 79.9. The number of aromatic nitrogens is 3. The van der Waals surface area contributed by atoms with Crippen LogP contribution >= 0.6 is 15.9 Å². The highest BCUT2D eigenvalue weighted by Crippen LogP contribution is 2.27. The molecule has 0 aromatic carbocycles. The van der Waals surface area contributed by atoms with E-state index >= 15 is 0 Å². The minimum Gasteiger partial charge on any atom is -0.268 e. The van der Waals surface area contributed by atoms with Gasteiger partial charge in [-0.3, -0.25) is 9.67 Å². The molecule has 2 aromatic rings. The molecule has 0 fully saturated rings. The summed E-state index contributed by atoms with van der Waals surface area (Å²) in [5, 5.41) is 3.46. The van der Waals surface area contributed by atoms with Crippen molar-refractivity contribution in [1.82, 2.24) is 14.8 Å². The summed E-state index contributed by atoms with van der Waals surface area (Å²) in [5.74, 6) is 0. The van der Waals surface area contributed by atoms with Crippen molar-refractivity contribution < 1.29 is 13.2 Å². The van der Waals surface area contributed by atoms with E-state index in [2.05, 4.69) is 26.0 Å². The normalized spacial score (nSPS) is 11.8. The average molecular weight is 306 g/mol. The summed E-state index contributed by atoms with van der Waals surface area (Å²) in [6, 6.07) is 2.73. The summed E-state index contributed by atoms with van der Waals surface area (Å²) in [6.45, 7) is 0.252. The van der Waals surface area contributed by atoms with Crippen molar-refractivity contribution >= 4 is 15.9 Å². The lowest BCUT2D eigenvalue weighted by molar-refractivity contribution is -0.141. The Hall–Kier alpha value is -1.37. The molecular formula is C10H7BrF3N3. The molecule has 0 radical (unpaired) electrons. The van der Waals surface area contributed by atoms with Gasteiger partial charge < -0.3 is 0 Å². The lowest BCUT2D eigenvalue weighted by Crippen LogP contribution is -2.08. The highest BCUT2D eigenvalue weighted by Gasteiger charge is 2.33. The van der Waals surface area contributed by atoms with E-state index in [1.807, 2.05) is 0 Å². The van der Waals surface area contributed by atoms with Gasteiger partial charge in [0.1, 0.15) is 0 Å². The molecule has 0 unspecified atom stereocenters. The topological polar surface area (TPSA) is 30.7 Å². The Morgan fingerprint density at radius 2 is 2.06 bits per heavy atom. The van der Waals surface area contributed by atoms with Gasteiger partial charge in [-0.1, -0.05) is 0 Å². The van der Waals surface area contributed by atoms with Crippen LogP contribution < -0.4 is 0 Å². The van der Waals surface area contributed by atoms with Gasteiger partial charge in [-0.15, -0.1) is 0 Å². The largest absolute Gasteiger partial charge is 0.435 e. The number of halogens is 4. The number of hydrogen-bond donors (Lipinski definition) is 0. The third kappa shape index (κ3) is 3.06. The van der Waals surface area contributed by atoms with E-state index in [9.17, 15) is 13.2 Å². The van der Waals surface area contributed by atoms with Crippen molar-refractivity contribution in [2.45, 2.75) is 12.7 Å². The maximum atomic E-state index is 12.3. The van der Waals surface area contributed by atoms with Crippen molar-refractivity contribution in [1.29, 1.82) is 0 Å². The van der Waals surface area contributed by atoms with Crippen molar-refractivity contribution in [3.63, 3.8) is 0 Å². The van der Waals surface area contributed by atoms with Crippen molar-refractivity contribution in [3.05, 3.63) is 46.5 Å². The molecule has 0 aliphatic carbocycles. The predicted molar refractivity (Wildman–Crippen MR) is 58.3 cm³/mol. The summed E-state index contributed by atoms with van der Waals surface area (Å²) in [6.07, 6.45) is 0.0813. The Morgan fingerprint density at radius 1 is 1.29 bits per heavy atom. The van der Waals surface area contributed by atoms with E-state index in [0.29, 0.717) is 0 Å². The van der Waals surface area contributed by atoms with Crippen LogP contribution in [-0.4, -0.2) is 14.8 Å². The van der Waals surface area contributed by atoms with Crippen LogP contribution in [-0.2, 0) is 12.7 Å². The molecule has 0 saturated carbocycles. The highest BCUT2D eigenvalue weighted by molar-refractivity contribution is 9.10. The number of pyridine rings is 1. The summed E-state index contributed by atoms with van der Waals surface area (Å²) in [5.41, 5.74) is -0.114. The van der Waals surface area contributed by atoms with Crippen molar-refractivity contribution in [3.8, 4) is 0 Å². The number of rotatable bonds is 2. The zero-order valence-electron chi connectivity index (χ0n) is 8.45. The molecule has 17 heavy (non-hydrogen) atoms. The standard InChI is InChI=1S/C10H7BrF3N3/c11-8-3-7(4-15-5-8)6-17-2-1-9(16-17)10(12,13)14/h1-5H,6H2. The third-order valence-electron chi connectivity index (χ3n) is 2.04. The molecule has 0 spiro atoms. The number of hydrogen-bond acceptors (Lipinski definition) is 2. The van der Waals surface area contributed by atoms with Gasteiger partial charge in [0.15, 0.2) is 5.69 Å². The van der Waals surface area contributed by atoms with Gasteiger partial charge in [-0.25, -0.2) is 0 Å². The van der Waals surface area contributed by atoms with Gasteiger partial charge in [0, 0.05) is 23.1 Å². The minimum absolute atomic E-state index is 0.252. The maximum Gasteiger partial charge on any atom is 0.435 e. The predicted octanol–water partition coefficient (Wildman–Crippen LogP) is 3.11. The first-order chi connectivity index (χ1) is 7.95. The summed E-state index contributed by atoms with van der Waals surface area (Å²) in [4.78, 5) is 3.93. The molecule has 2 heterocycles. The van der Waals surface area contributed by atoms with Crippen molar-refractivity contribution in [2.75, 3.05) is 0 Å². The molecule has 0 bridgehead atoms. The van der Waals surface area contributed by atoms with Crippen LogP contribution in [0.3, 0.4) is 0 Å². The second-order valence-electron chi connectivity index (χ2n) is 3.41. The fourth-order valence-electron chi connectivity index (χ4n) is 1.33. The van der Waals surface area contributed by atoms with Crippen molar-refractivity contribution in [2.24, 2.45) is 0 Å². The van der Waals surface area contributed by atoms with E-state index in [1.165, 1.54) is 10.9 Å². The molecule has 2 aromatic heterocycles. The Morgan fingerprint density at radius 3 is 2.65 bits per heavy atom. The molecule has 0 N–H and O–H groups in total. The fraction of sp³-hybridized carbons (Fsp3) is 0.200. The molecule has 0 atom stereocenters. The molecule has 0 amide bonds. The van der Waals surface area contributed by atoms with Crippen LogP contribution in [0.1, 0.15) is 11.3 Å². The first-order valence-corrected chi connectivity index (χ1v) is 5.44. The van der Waals surface area contributed by atoms with Crippen LogP contribution in [0.25, 0.3) is 0 Å². The Balaban J connectivity index is 2.17. The zero-order chi connectivity index (χ0) is 12.5. The van der Waals surface area contributed by atoms with Crippen LogP contribution in [0.15, 0.2) is 35.2 Å². The molecule has 0 aliphatic heterocycles. The fourth-order valence-corrected chi connectivity index (χ4v) is 1.74. The molecular weight excluding hydrogens is 299 g/mol. The molecule has 7 heteroatoms. The van der Waals surface area contributed by atoms with E-state index in [4.69, 9.17) is 0 Å². The lowest BCUT2D eigenvalue weighted by atomic mass is 10.3. The van der Waals surface area contributed by atoms with E-state index < -0.39 is 11.9 Å². The Labute approximate surface area is 103 Å². The molecule has 0 saturated heterocycles. The van der Waals surface area contributed by atoms with Gasteiger partial charge in [-0.2, -0.15) is 18.3 Å². The molecule has 90 valence electrons. The summed E-state index contributed by atoms with van der Waals surface area (Å²) < 4.78 is 38.9. The van der Waals surface area contributed by atoms with E-state index in [1.54, 1.807) is 18.5 Å². The van der Waals surface area contributed by atoms with Gasteiger partial charge >= 0.3 is 6.18 Å². The first kappa shape index (κ1) is 12.1.